The standard InChI is InChI=1S/C29H31N6O4P/c1-3-38-40(37,39-4-2)23-17-18-25-24(19-23)27(29(36)31-25)28(21-10-6-5-7-11-21)30-22-15-13-20(14-16-22)9-8-12-26-32-34-35-33-26/h5-7,10-11,13-19,31,36H,3-4,8-9,12H2,1-2H3,(H,32,33,34,35). The number of H-pyrrole nitrogens is 2. The van der Waals surface area contributed by atoms with E-state index in [1.165, 1.54) is 5.56 Å². The van der Waals surface area contributed by atoms with Crippen LogP contribution in [0.25, 0.3) is 10.9 Å². The van der Waals surface area contributed by atoms with Gasteiger partial charge in [-0.05, 0) is 62.6 Å². The van der Waals surface area contributed by atoms with Gasteiger partial charge in [0, 0.05) is 22.9 Å². The van der Waals surface area contributed by atoms with Crippen LogP contribution in [0, 0.1) is 0 Å². The quantitative estimate of drug-likeness (QED) is 0.133. The number of nitrogens with zero attached hydrogens (tertiary/aromatic N) is 4. The summed E-state index contributed by atoms with van der Waals surface area (Å²) in [5, 5.41) is 26.2. The summed E-state index contributed by atoms with van der Waals surface area (Å²) in [6.45, 7) is 4.03. The van der Waals surface area contributed by atoms with Gasteiger partial charge in [-0.25, -0.2) is 4.99 Å². The van der Waals surface area contributed by atoms with E-state index in [9.17, 15) is 9.67 Å². The molecule has 0 aliphatic carbocycles. The van der Waals surface area contributed by atoms with Crippen molar-refractivity contribution in [3.05, 3.63) is 95.3 Å². The summed E-state index contributed by atoms with van der Waals surface area (Å²) in [6, 6.07) is 22.9. The number of aryl methyl sites for hydroxylation is 2. The van der Waals surface area contributed by atoms with Crippen LogP contribution < -0.4 is 5.30 Å². The smallest absolute Gasteiger partial charge is 0.361 e. The van der Waals surface area contributed by atoms with Crippen LogP contribution in [0.3, 0.4) is 0 Å². The van der Waals surface area contributed by atoms with Gasteiger partial charge in [0.1, 0.15) is 0 Å². The van der Waals surface area contributed by atoms with Crippen LogP contribution in [0.1, 0.15) is 42.8 Å². The Morgan fingerprint density at radius 2 is 1.73 bits per heavy atom. The first-order valence-electron chi connectivity index (χ1n) is 13.2. The van der Waals surface area contributed by atoms with Crippen molar-refractivity contribution >= 4 is 35.2 Å². The third kappa shape index (κ3) is 6.04. The lowest BCUT2D eigenvalue weighted by Gasteiger charge is -2.17. The first-order valence-corrected chi connectivity index (χ1v) is 14.7. The summed E-state index contributed by atoms with van der Waals surface area (Å²) >= 11 is 0. The fourth-order valence-corrected chi connectivity index (χ4v) is 6.16. The molecule has 3 N–H and O–H groups in total. The van der Waals surface area contributed by atoms with Crippen LogP contribution in [-0.2, 0) is 26.5 Å². The number of aromatic nitrogens is 5. The molecule has 0 amide bonds. The molecule has 0 unspecified atom stereocenters. The van der Waals surface area contributed by atoms with E-state index in [1.807, 2.05) is 54.6 Å². The number of nitrogens with one attached hydrogen (secondary N) is 2. The maximum Gasteiger partial charge on any atom is 0.361 e. The summed E-state index contributed by atoms with van der Waals surface area (Å²) in [5.74, 6) is 0.671. The number of aliphatic imine (C=N–C) groups is 1. The average Bonchev–Trinajstić information content (AvgIpc) is 3.60. The topological polar surface area (TPSA) is 138 Å². The Balaban J connectivity index is 1.52. The molecule has 0 fully saturated rings. The summed E-state index contributed by atoms with van der Waals surface area (Å²) in [7, 11) is -3.53. The number of aromatic amines is 2. The van der Waals surface area contributed by atoms with E-state index in [0.29, 0.717) is 33.3 Å². The molecule has 0 aliphatic rings. The van der Waals surface area contributed by atoms with Crippen molar-refractivity contribution in [3.63, 3.8) is 0 Å². The SMILES string of the molecule is CCOP(=O)(OCC)c1ccc2[nH]c(O)c(C(=Nc3ccc(CCCc4nn[nH]n4)cc3)c3ccccc3)c2c1. The third-order valence-corrected chi connectivity index (χ3v) is 8.50. The van der Waals surface area contributed by atoms with Gasteiger partial charge in [-0.1, -0.05) is 47.7 Å². The maximum atomic E-state index is 13.5. The van der Waals surface area contributed by atoms with Crippen LogP contribution in [0.2, 0.25) is 0 Å². The summed E-state index contributed by atoms with van der Waals surface area (Å²) in [6.07, 6.45) is 2.52. The van der Waals surface area contributed by atoms with Gasteiger partial charge in [-0.15, -0.1) is 10.2 Å². The Kier molecular flexibility index (Phi) is 8.50. The highest BCUT2D eigenvalue weighted by atomic mass is 31.2. The Labute approximate surface area is 232 Å². The minimum absolute atomic E-state index is 0.0320. The molecule has 0 spiro atoms. The van der Waals surface area contributed by atoms with E-state index in [1.54, 1.807) is 32.0 Å². The van der Waals surface area contributed by atoms with Crippen molar-refractivity contribution in [1.29, 1.82) is 0 Å². The zero-order chi connectivity index (χ0) is 28.0. The lowest BCUT2D eigenvalue weighted by atomic mass is 10.0. The summed E-state index contributed by atoms with van der Waals surface area (Å²) in [4.78, 5) is 8.02. The van der Waals surface area contributed by atoms with Crippen molar-refractivity contribution < 1.29 is 18.7 Å². The molecule has 0 aliphatic heterocycles. The molecule has 0 radical (unpaired) electrons. The van der Waals surface area contributed by atoms with Crippen molar-refractivity contribution in [3.8, 4) is 5.88 Å². The van der Waals surface area contributed by atoms with Crippen molar-refractivity contribution in [2.75, 3.05) is 13.2 Å². The van der Waals surface area contributed by atoms with Crippen LogP contribution in [0.15, 0.2) is 77.8 Å². The van der Waals surface area contributed by atoms with Crippen LogP contribution in [0.5, 0.6) is 5.88 Å². The van der Waals surface area contributed by atoms with Gasteiger partial charge < -0.3 is 19.1 Å². The molecule has 0 bridgehead atoms. The van der Waals surface area contributed by atoms with E-state index in [2.05, 4.69) is 25.6 Å². The van der Waals surface area contributed by atoms with Crippen LogP contribution in [0.4, 0.5) is 5.69 Å². The maximum absolute atomic E-state index is 13.5. The molecule has 11 heteroatoms. The molecule has 206 valence electrons. The Morgan fingerprint density at radius 3 is 2.40 bits per heavy atom. The fraction of sp³-hybridized carbons (Fsp3) is 0.241. The third-order valence-electron chi connectivity index (χ3n) is 6.39. The van der Waals surface area contributed by atoms with Gasteiger partial charge in [-0.2, -0.15) is 5.21 Å². The molecule has 0 saturated carbocycles. The Morgan fingerprint density at radius 1 is 0.975 bits per heavy atom. The van der Waals surface area contributed by atoms with Gasteiger partial charge in [0.15, 0.2) is 11.7 Å². The first kappa shape index (κ1) is 27.5. The van der Waals surface area contributed by atoms with Gasteiger partial charge in [0.2, 0.25) is 0 Å². The number of tetrazole rings is 1. The number of fused-ring (bicyclic) bond motifs is 1. The summed E-state index contributed by atoms with van der Waals surface area (Å²) in [5.41, 5.74) is 4.49. The van der Waals surface area contributed by atoms with Crippen LogP contribution >= 0.6 is 7.60 Å². The highest BCUT2D eigenvalue weighted by Gasteiger charge is 2.28. The zero-order valence-corrected chi connectivity index (χ0v) is 23.3. The number of aromatic hydroxyl groups is 1. The van der Waals surface area contributed by atoms with E-state index in [-0.39, 0.29) is 19.1 Å². The second-order valence-corrected chi connectivity index (χ2v) is 11.1. The average molecular weight is 559 g/mol. The molecular weight excluding hydrogens is 527 g/mol. The first-order chi connectivity index (χ1) is 19.5. The van der Waals surface area contributed by atoms with Crippen molar-refractivity contribution in [2.45, 2.75) is 33.1 Å². The van der Waals surface area contributed by atoms with Gasteiger partial charge >= 0.3 is 7.60 Å². The second kappa shape index (κ2) is 12.4. The predicted octanol–water partition coefficient (Wildman–Crippen LogP) is 5.62. The minimum Gasteiger partial charge on any atom is -0.494 e. The molecule has 0 atom stereocenters. The minimum atomic E-state index is -3.53. The van der Waals surface area contributed by atoms with E-state index >= 15 is 0 Å². The highest BCUT2D eigenvalue weighted by Crippen LogP contribution is 2.47. The van der Waals surface area contributed by atoms with Gasteiger partial charge in [0.25, 0.3) is 0 Å². The molecule has 5 rings (SSSR count). The molecule has 40 heavy (non-hydrogen) atoms. The molecule has 10 nitrogen and oxygen atoms in total. The van der Waals surface area contributed by atoms with Crippen LogP contribution in [-0.4, -0.2) is 49.6 Å². The second-order valence-electron chi connectivity index (χ2n) is 9.09. The van der Waals surface area contributed by atoms with Crippen molar-refractivity contribution in [2.24, 2.45) is 4.99 Å². The largest absolute Gasteiger partial charge is 0.494 e. The van der Waals surface area contributed by atoms with Gasteiger partial charge in [0.05, 0.1) is 35.5 Å². The molecule has 5 aromatic rings. The highest BCUT2D eigenvalue weighted by molar-refractivity contribution is 7.62. The lowest BCUT2D eigenvalue weighted by molar-refractivity contribution is 0.230. The summed E-state index contributed by atoms with van der Waals surface area (Å²) < 4.78 is 24.7. The van der Waals surface area contributed by atoms with E-state index < -0.39 is 7.60 Å². The molecular formula is C29H31N6O4P. The normalized spacial score (nSPS) is 12.3. The number of rotatable bonds is 12. The van der Waals surface area contributed by atoms with Gasteiger partial charge in [-0.3, -0.25) is 4.57 Å². The molecule has 2 aromatic heterocycles. The Bertz CT molecular complexity index is 1620. The molecule has 3 aromatic carbocycles. The molecule has 2 heterocycles. The van der Waals surface area contributed by atoms with E-state index in [4.69, 9.17) is 14.0 Å². The van der Waals surface area contributed by atoms with Crippen molar-refractivity contribution in [1.82, 2.24) is 25.6 Å². The monoisotopic (exact) mass is 558 g/mol. The number of benzene rings is 3. The molecule has 0 saturated heterocycles. The number of hydrogen-bond donors (Lipinski definition) is 3. The van der Waals surface area contributed by atoms with E-state index in [0.717, 1.165) is 30.5 Å². The zero-order valence-electron chi connectivity index (χ0n) is 22.4. The number of hydrogen-bond acceptors (Lipinski definition) is 8. The fourth-order valence-electron chi connectivity index (χ4n) is 4.57. The lowest BCUT2D eigenvalue weighted by Crippen LogP contribution is -2.11. The Hall–Kier alpha value is -4.11. The predicted molar refractivity (Wildman–Crippen MR) is 155 cm³/mol.